The number of nitrogens with zero attached hydrogens (tertiary/aromatic N) is 2. The van der Waals surface area contributed by atoms with Gasteiger partial charge in [0.2, 0.25) is 0 Å². The molecule has 1 heterocycles. The van der Waals surface area contributed by atoms with E-state index in [0.717, 1.165) is 19.2 Å². The summed E-state index contributed by atoms with van der Waals surface area (Å²) in [6.45, 7) is 4.23. The molecule has 1 N–H and O–H groups in total. The van der Waals surface area contributed by atoms with Crippen LogP contribution in [0.3, 0.4) is 0 Å². The first kappa shape index (κ1) is 19.3. The quantitative estimate of drug-likeness (QED) is 0.869. The highest BCUT2D eigenvalue weighted by molar-refractivity contribution is 7.92. The molecule has 1 saturated heterocycles. The first-order chi connectivity index (χ1) is 12.8. The monoisotopic (exact) mass is 391 g/mol. The van der Waals surface area contributed by atoms with Crippen LogP contribution in [-0.4, -0.2) is 57.4 Å². The molecule has 0 aromatic heterocycles. The molecule has 0 atom stereocenters. The molecule has 3 rings (SSSR count). The number of hydrogen-bond acceptors (Lipinski definition) is 4. The summed E-state index contributed by atoms with van der Waals surface area (Å²) in [6, 6.07) is 10.1. The summed E-state index contributed by atoms with van der Waals surface area (Å²) in [5, 5.41) is 0. The van der Waals surface area contributed by atoms with Crippen LogP contribution in [0.15, 0.2) is 47.4 Å². The predicted octanol–water partition coefficient (Wildman–Crippen LogP) is 2.32. The van der Waals surface area contributed by atoms with E-state index in [0.29, 0.717) is 18.7 Å². The van der Waals surface area contributed by atoms with Crippen LogP contribution in [0.25, 0.3) is 0 Å². The third-order valence-corrected chi connectivity index (χ3v) is 6.00. The van der Waals surface area contributed by atoms with Gasteiger partial charge in [-0.2, -0.15) is 0 Å². The Morgan fingerprint density at radius 3 is 2.41 bits per heavy atom. The molecule has 0 saturated carbocycles. The Morgan fingerprint density at radius 1 is 1.07 bits per heavy atom. The van der Waals surface area contributed by atoms with Crippen LogP contribution in [0.5, 0.6) is 0 Å². The van der Waals surface area contributed by atoms with Crippen molar-refractivity contribution in [3.05, 3.63) is 59.4 Å². The van der Waals surface area contributed by atoms with E-state index in [1.54, 1.807) is 29.2 Å². The summed E-state index contributed by atoms with van der Waals surface area (Å²) >= 11 is 0. The average Bonchev–Trinajstić information content (AvgIpc) is 2.64. The van der Waals surface area contributed by atoms with Gasteiger partial charge in [0.05, 0.1) is 16.1 Å². The van der Waals surface area contributed by atoms with Crippen molar-refractivity contribution in [2.45, 2.75) is 11.8 Å². The molecule has 0 bridgehead atoms. The second-order valence-electron chi connectivity index (χ2n) is 6.66. The van der Waals surface area contributed by atoms with Crippen LogP contribution in [0.1, 0.15) is 15.9 Å². The Balaban J connectivity index is 1.87. The Kier molecular flexibility index (Phi) is 5.48. The molecule has 2 aromatic carbocycles. The number of carbonyl (C=O) groups excluding carboxylic acids is 1. The normalized spacial score (nSPS) is 15.6. The van der Waals surface area contributed by atoms with Gasteiger partial charge < -0.3 is 9.80 Å². The van der Waals surface area contributed by atoms with Crippen LogP contribution in [-0.2, 0) is 10.0 Å². The van der Waals surface area contributed by atoms with Crippen molar-refractivity contribution in [1.82, 2.24) is 9.80 Å². The zero-order valence-electron chi connectivity index (χ0n) is 15.3. The van der Waals surface area contributed by atoms with Crippen LogP contribution in [0.4, 0.5) is 10.1 Å². The fourth-order valence-electron chi connectivity index (χ4n) is 2.93. The number of aryl methyl sites for hydroxylation is 1. The number of carbonyl (C=O) groups is 1. The zero-order chi connectivity index (χ0) is 19.6. The highest BCUT2D eigenvalue weighted by atomic mass is 32.2. The Hall–Kier alpha value is -2.45. The smallest absolute Gasteiger partial charge is 0.261 e. The predicted molar refractivity (Wildman–Crippen MR) is 102 cm³/mol. The van der Waals surface area contributed by atoms with Crippen molar-refractivity contribution < 1.29 is 17.6 Å². The number of amides is 1. The van der Waals surface area contributed by atoms with E-state index in [4.69, 9.17) is 0 Å². The van der Waals surface area contributed by atoms with Crippen LogP contribution < -0.4 is 4.72 Å². The van der Waals surface area contributed by atoms with Gasteiger partial charge in [0.15, 0.2) is 0 Å². The summed E-state index contributed by atoms with van der Waals surface area (Å²) < 4.78 is 41.3. The highest BCUT2D eigenvalue weighted by Gasteiger charge is 2.24. The summed E-state index contributed by atoms with van der Waals surface area (Å²) in [6.07, 6.45) is 0. The van der Waals surface area contributed by atoms with Gasteiger partial charge >= 0.3 is 0 Å². The van der Waals surface area contributed by atoms with Gasteiger partial charge in [-0.3, -0.25) is 9.52 Å². The standard InChI is InChI=1S/C19H22FN3O3S/c1-14-13-15(7-8-17(14)20)27(25,26)21-18-6-4-3-5-16(18)19(24)23-11-9-22(2)10-12-23/h3-8,13,21H,9-12H2,1-2H3. The fourth-order valence-corrected chi connectivity index (χ4v) is 4.09. The number of likely N-dealkylation sites (N-methyl/N-ethyl adjacent to an activating group) is 1. The van der Waals surface area contributed by atoms with Gasteiger partial charge in [-0.25, -0.2) is 12.8 Å². The molecule has 1 fully saturated rings. The zero-order valence-corrected chi connectivity index (χ0v) is 16.1. The SMILES string of the molecule is Cc1cc(S(=O)(=O)Nc2ccccc2C(=O)N2CCN(C)CC2)ccc1F. The van der Waals surface area contributed by atoms with Crippen molar-refractivity contribution in [2.24, 2.45) is 0 Å². The van der Waals surface area contributed by atoms with Crippen LogP contribution in [0, 0.1) is 12.7 Å². The molecule has 1 aliphatic heterocycles. The highest BCUT2D eigenvalue weighted by Crippen LogP contribution is 2.23. The van der Waals surface area contributed by atoms with E-state index in [-0.39, 0.29) is 22.1 Å². The molecule has 8 heteroatoms. The molecule has 1 aliphatic rings. The van der Waals surface area contributed by atoms with E-state index in [1.807, 2.05) is 7.05 Å². The topological polar surface area (TPSA) is 69.7 Å². The first-order valence-corrected chi connectivity index (χ1v) is 10.1. The van der Waals surface area contributed by atoms with Gasteiger partial charge in [-0.1, -0.05) is 12.1 Å². The van der Waals surface area contributed by atoms with Gasteiger partial charge in [0, 0.05) is 26.2 Å². The third kappa shape index (κ3) is 4.28. The van der Waals surface area contributed by atoms with E-state index < -0.39 is 15.8 Å². The van der Waals surface area contributed by atoms with Crippen molar-refractivity contribution in [1.29, 1.82) is 0 Å². The van der Waals surface area contributed by atoms with E-state index in [1.165, 1.54) is 19.1 Å². The first-order valence-electron chi connectivity index (χ1n) is 8.64. The van der Waals surface area contributed by atoms with Gasteiger partial charge in [-0.15, -0.1) is 0 Å². The maximum Gasteiger partial charge on any atom is 0.261 e. The van der Waals surface area contributed by atoms with Gasteiger partial charge in [-0.05, 0) is 49.9 Å². The Morgan fingerprint density at radius 2 is 1.74 bits per heavy atom. The minimum absolute atomic E-state index is 0.0525. The van der Waals surface area contributed by atoms with Gasteiger partial charge in [0.25, 0.3) is 15.9 Å². The number of benzene rings is 2. The number of sulfonamides is 1. The number of halogens is 1. The Bertz CT molecular complexity index is 954. The van der Waals surface area contributed by atoms with Crippen molar-refractivity contribution in [3.63, 3.8) is 0 Å². The number of anilines is 1. The number of hydrogen-bond donors (Lipinski definition) is 1. The van der Waals surface area contributed by atoms with Crippen molar-refractivity contribution in [3.8, 4) is 0 Å². The Labute approximate surface area is 158 Å². The summed E-state index contributed by atoms with van der Waals surface area (Å²) in [5.41, 5.74) is 0.743. The third-order valence-electron chi connectivity index (χ3n) is 4.63. The molecule has 27 heavy (non-hydrogen) atoms. The van der Waals surface area contributed by atoms with Crippen molar-refractivity contribution >= 4 is 21.6 Å². The lowest BCUT2D eigenvalue weighted by atomic mass is 10.1. The van der Waals surface area contributed by atoms with Crippen LogP contribution >= 0.6 is 0 Å². The summed E-state index contributed by atoms with van der Waals surface area (Å²) in [4.78, 5) is 16.7. The molecule has 0 spiro atoms. The largest absolute Gasteiger partial charge is 0.336 e. The number of para-hydroxylation sites is 1. The number of rotatable bonds is 4. The van der Waals surface area contributed by atoms with Gasteiger partial charge in [0.1, 0.15) is 5.82 Å². The molecule has 144 valence electrons. The maximum atomic E-state index is 13.4. The second-order valence-corrected chi connectivity index (χ2v) is 8.34. The lowest BCUT2D eigenvalue weighted by Crippen LogP contribution is -2.47. The van der Waals surface area contributed by atoms with Crippen molar-refractivity contribution in [2.75, 3.05) is 37.9 Å². The van der Waals surface area contributed by atoms with E-state index >= 15 is 0 Å². The average molecular weight is 391 g/mol. The summed E-state index contributed by atoms with van der Waals surface area (Å²) in [5.74, 6) is -0.684. The second kappa shape index (κ2) is 7.66. The number of nitrogens with one attached hydrogen (secondary N) is 1. The number of piperazine rings is 1. The molecule has 2 aromatic rings. The molecular weight excluding hydrogens is 369 g/mol. The maximum absolute atomic E-state index is 13.4. The lowest BCUT2D eigenvalue weighted by molar-refractivity contribution is 0.0665. The summed E-state index contributed by atoms with van der Waals surface area (Å²) in [7, 11) is -1.95. The molecule has 1 amide bonds. The molecule has 0 radical (unpaired) electrons. The molecule has 0 aliphatic carbocycles. The molecule has 6 nitrogen and oxygen atoms in total. The molecular formula is C19H22FN3O3S. The molecule has 0 unspecified atom stereocenters. The minimum atomic E-state index is -3.94. The lowest BCUT2D eigenvalue weighted by Gasteiger charge is -2.32. The van der Waals surface area contributed by atoms with E-state index in [2.05, 4.69) is 9.62 Å². The van der Waals surface area contributed by atoms with Crippen LogP contribution in [0.2, 0.25) is 0 Å². The fraction of sp³-hybridized carbons (Fsp3) is 0.316. The van der Waals surface area contributed by atoms with E-state index in [9.17, 15) is 17.6 Å². The minimum Gasteiger partial charge on any atom is -0.336 e.